The average Bonchev–Trinajstić information content (AvgIpc) is 2.58. The lowest BCUT2D eigenvalue weighted by Gasteiger charge is -1.91. The molecular formula is C10H7BO4S. The van der Waals surface area contributed by atoms with E-state index in [0.29, 0.717) is 23.0 Å². The van der Waals surface area contributed by atoms with Crippen LogP contribution >= 0.6 is 11.3 Å². The van der Waals surface area contributed by atoms with Gasteiger partial charge in [-0.3, -0.25) is 0 Å². The predicted molar refractivity (Wildman–Crippen MR) is 61.6 cm³/mol. The molecule has 0 saturated heterocycles. The summed E-state index contributed by atoms with van der Waals surface area (Å²) >= 11 is 1.39. The Labute approximate surface area is 95.9 Å². The van der Waals surface area contributed by atoms with E-state index in [4.69, 9.17) is 17.4 Å². The first kappa shape index (κ1) is 10.9. The third-order valence-corrected chi connectivity index (χ3v) is 3.22. The molecule has 2 rings (SSSR count). The van der Waals surface area contributed by atoms with Gasteiger partial charge in [-0.25, -0.2) is 9.59 Å². The number of carbonyl (C=O) groups is 1. The number of thiophene rings is 1. The third-order valence-electron chi connectivity index (χ3n) is 2.10. The fourth-order valence-electron chi connectivity index (χ4n) is 1.38. The molecule has 0 aliphatic rings. The Morgan fingerprint density at radius 2 is 2.25 bits per heavy atom. The number of hydrogen-bond acceptors (Lipinski definition) is 4. The number of carboxylic acids is 1. The van der Waals surface area contributed by atoms with Gasteiger partial charge in [-0.05, 0) is 18.6 Å². The minimum atomic E-state index is -1.27. The third kappa shape index (κ3) is 1.88. The lowest BCUT2D eigenvalue weighted by molar-refractivity contribution is 0.0692. The monoisotopic (exact) mass is 234 g/mol. The van der Waals surface area contributed by atoms with E-state index in [-0.39, 0.29) is 5.56 Å². The van der Waals surface area contributed by atoms with Crippen molar-refractivity contribution in [3.05, 3.63) is 33.0 Å². The van der Waals surface area contributed by atoms with Gasteiger partial charge in [0.05, 0.1) is 12.5 Å². The van der Waals surface area contributed by atoms with Crippen molar-refractivity contribution in [2.24, 2.45) is 0 Å². The van der Waals surface area contributed by atoms with Crippen LogP contribution in [0.2, 0.25) is 6.32 Å². The van der Waals surface area contributed by atoms with E-state index < -0.39 is 11.6 Å². The normalized spacial score (nSPS) is 10.8. The maximum absolute atomic E-state index is 11.3. The zero-order chi connectivity index (χ0) is 11.7. The van der Waals surface area contributed by atoms with Crippen molar-refractivity contribution in [3.63, 3.8) is 0 Å². The number of aryl methyl sites for hydroxylation is 1. The van der Waals surface area contributed by atoms with E-state index in [1.807, 2.05) is 0 Å². The van der Waals surface area contributed by atoms with Gasteiger partial charge in [0.25, 0.3) is 0 Å². The molecule has 2 aromatic rings. The second-order valence-electron chi connectivity index (χ2n) is 3.23. The SMILES string of the molecule is [B]CCc1cc2oc(=O)c(C(=O)O)cc2s1. The van der Waals surface area contributed by atoms with Gasteiger partial charge in [-0.1, -0.05) is 6.32 Å². The van der Waals surface area contributed by atoms with Gasteiger partial charge in [0.1, 0.15) is 11.1 Å². The quantitative estimate of drug-likeness (QED) is 0.820. The molecule has 0 amide bonds. The molecule has 0 aliphatic carbocycles. The molecule has 6 heteroatoms. The van der Waals surface area contributed by atoms with Crippen LogP contribution in [0.4, 0.5) is 0 Å². The molecule has 16 heavy (non-hydrogen) atoms. The standard InChI is InChI=1S/C10H7BO4S/c11-2-1-5-3-7-8(16-5)4-6(9(12)13)10(14)15-7/h3-4H,1-2H2,(H,12,13). The molecule has 0 fully saturated rings. The average molecular weight is 234 g/mol. The number of carboxylic acid groups (broad SMARTS) is 1. The van der Waals surface area contributed by atoms with Crippen LogP contribution in [0.3, 0.4) is 0 Å². The molecule has 0 atom stereocenters. The van der Waals surface area contributed by atoms with Crippen LogP contribution in [-0.2, 0) is 6.42 Å². The van der Waals surface area contributed by atoms with Gasteiger partial charge >= 0.3 is 11.6 Å². The van der Waals surface area contributed by atoms with Gasteiger partial charge in [0, 0.05) is 4.88 Å². The molecule has 4 nitrogen and oxygen atoms in total. The van der Waals surface area contributed by atoms with Crippen molar-refractivity contribution in [2.75, 3.05) is 0 Å². The molecule has 0 aromatic carbocycles. The van der Waals surface area contributed by atoms with Crippen molar-refractivity contribution in [1.29, 1.82) is 0 Å². The fraction of sp³-hybridized carbons (Fsp3) is 0.200. The van der Waals surface area contributed by atoms with Crippen LogP contribution in [0.5, 0.6) is 0 Å². The molecule has 2 aromatic heterocycles. The van der Waals surface area contributed by atoms with Gasteiger partial charge < -0.3 is 9.52 Å². The molecule has 0 spiro atoms. The lowest BCUT2D eigenvalue weighted by Crippen LogP contribution is -2.12. The summed E-state index contributed by atoms with van der Waals surface area (Å²) in [7, 11) is 5.41. The van der Waals surface area contributed by atoms with Crippen LogP contribution in [0.25, 0.3) is 10.3 Å². The highest BCUT2D eigenvalue weighted by molar-refractivity contribution is 7.19. The topological polar surface area (TPSA) is 67.5 Å². The minimum absolute atomic E-state index is 0.339. The van der Waals surface area contributed by atoms with Gasteiger partial charge in [0.15, 0.2) is 0 Å². The highest BCUT2D eigenvalue weighted by Crippen LogP contribution is 2.26. The number of aromatic carboxylic acids is 1. The highest BCUT2D eigenvalue weighted by Gasteiger charge is 2.13. The first-order valence-electron chi connectivity index (χ1n) is 4.61. The van der Waals surface area contributed by atoms with E-state index in [0.717, 1.165) is 4.88 Å². The van der Waals surface area contributed by atoms with Gasteiger partial charge in [0.2, 0.25) is 0 Å². The number of fused-ring (bicyclic) bond motifs is 1. The van der Waals surface area contributed by atoms with E-state index >= 15 is 0 Å². The van der Waals surface area contributed by atoms with Crippen LogP contribution in [0, 0.1) is 0 Å². The number of rotatable bonds is 3. The summed E-state index contributed by atoms with van der Waals surface area (Å²) in [5, 5.41) is 8.76. The van der Waals surface area contributed by atoms with Crippen LogP contribution in [0.1, 0.15) is 15.2 Å². The first-order valence-corrected chi connectivity index (χ1v) is 5.43. The van der Waals surface area contributed by atoms with Crippen LogP contribution in [-0.4, -0.2) is 18.9 Å². The minimum Gasteiger partial charge on any atom is -0.477 e. The summed E-state index contributed by atoms with van der Waals surface area (Å²) in [4.78, 5) is 23.0. The highest BCUT2D eigenvalue weighted by atomic mass is 32.1. The fourth-order valence-corrected chi connectivity index (χ4v) is 2.42. The van der Waals surface area contributed by atoms with Crippen molar-refractivity contribution in [1.82, 2.24) is 0 Å². The molecule has 1 N–H and O–H groups in total. The zero-order valence-electron chi connectivity index (χ0n) is 8.23. The smallest absolute Gasteiger partial charge is 0.351 e. The Morgan fingerprint density at radius 3 is 2.88 bits per heavy atom. The van der Waals surface area contributed by atoms with Crippen molar-refractivity contribution < 1.29 is 14.3 Å². The molecule has 0 aliphatic heterocycles. The van der Waals surface area contributed by atoms with Gasteiger partial charge in [-0.2, -0.15) is 0 Å². The Morgan fingerprint density at radius 1 is 1.50 bits per heavy atom. The molecule has 0 bridgehead atoms. The molecule has 0 unspecified atom stereocenters. The van der Waals surface area contributed by atoms with E-state index in [9.17, 15) is 9.59 Å². The predicted octanol–water partition coefficient (Wildman–Crippen LogP) is 1.68. The summed E-state index contributed by atoms with van der Waals surface area (Å²) in [5.41, 5.74) is -0.741. The Hall–Kier alpha value is -1.56. The summed E-state index contributed by atoms with van der Waals surface area (Å²) < 4.78 is 5.57. The molecule has 2 heterocycles. The Balaban J connectivity index is 2.61. The summed E-state index contributed by atoms with van der Waals surface area (Å²) in [6.07, 6.45) is 1.19. The summed E-state index contributed by atoms with van der Waals surface area (Å²) in [6, 6.07) is 3.06. The van der Waals surface area contributed by atoms with Crippen LogP contribution < -0.4 is 5.63 Å². The second kappa shape index (κ2) is 4.13. The summed E-state index contributed by atoms with van der Waals surface area (Å²) in [6.45, 7) is 0. The molecule has 2 radical (unpaired) electrons. The second-order valence-corrected chi connectivity index (χ2v) is 4.40. The van der Waals surface area contributed by atoms with E-state index in [2.05, 4.69) is 0 Å². The maximum atomic E-state index is 11.3. The zero-order valence-corrected chi connectivity index (χ0v) is 9.04. The van der Waals surface area contributed by atoms with Crippen molar-refractivity contribution in [3.8, 4) is 0 Å². The Bertz CT molecular complexity index is 598. The largest absolute Gasteiger partial charge is 0.477 e. The lowest BCUT2D eigenvalue weighted by atomic mass is 10.0. The molecular weight excluding hydrogens is 227 g/mol. The van der Waals surface area contributed by atoms with Crippen molar-refractivity contribution in [2.45, 2.75) is 12.7 Å². The molecule has 0 saturated carbocycles. The van der Waals surface area contributed by atoms with Gasteiger partial charge in [-0.15, -0.1) is 11.3 Å². The first-order chi connectivity index (χ1) is 7.61. The van der Waals surface area contributed by atoms with Crippen LogP contribution in [0.15, 0.2) is 21.3 Å². The van der Waals surface area contributed by atoms with Crippen molar-refractivity contribution >= 4 is 35.4 Å². The summed E-state index contributed by atoms with van der Waals surface area (Å²) in [5.74, 6) is -1.27. The van der Waals surface area contributed by atoms with E-state index in [1.165, 1.54) is 17.4 Å². The van der Waals surface area contributed by atoms with E-state index in [1.54, 1.807) is 6.07 Å². The maximum Gasteiger partial charge on any atom is 0.351 e. The molecule has 80 valence electrons. The number of hydrogen-bond donors (Lipinski definition) is 1. The Kier molecular flexibility index (Phi) is 2.83.